The minimum Gasteiger partial charge on any atom is -0.455 e. The van der Waals surface area contributed by atoms with E-state index in [-0.39, 0.29) is 11.3 Å². The van der Waals surface area contributed by atoms with Crippen molar-refractivity contribution in [1.29, 1.82) is 0 Å². The van der Waals surface area contributed by atoms with Gasteiger partial charge in [0.25, 0.3) is 5.91 Å². The van der Waals surface area contributed by atoms with Gasteiger partial charge < -0.3 is 9.32 Å². The largest absolute Gasteiger partial charge is 0.455 e. The first-order valence-electron chi connectivity index (χ1n) is 9.60. The minimum absolute atomic E-state index is 0.0986. The molecule has 0 radical (unpaired) electrons. The lowest BCUT2D eigenvalue weighted by atomic mass is 10.0. The molecule has 4 nitrogen and oxygen atoms in total. The zero-order valence-corrected chi connectivity index (χ0v) is 16.8. The molecule has 1 aliphatic rings. The summed E-state index contributed by atoms with van der Waals surface area (Å²) in [6.45, 7) is 3.03. The molecule has 1 amide bonds. The number of nitrogens with zero attached hydrogens (tertiary/aromatic N) is 1. The van der Waals surface area contributed by atoms with E-state index in [1.165, 1.54) is 10.4 Å². The van der Waals surface area contributed by atoms with Crippen molar-refractivity contribution in [1.82, 2.24) is 4.90 Å². The molecule has 0 saturated heterocycles. The van der Waals surface area contributed by atoms with Crippen LogP contribution in [0.2, 0.25) is 0 Å². The van der Waals surface area contributed by atoms with Gasteiger partial charge in [-0.15, -0.1) is 11.3 Å². The van der Waals surface area contributed by atoms with Crippen LogP contribution >= 0.6 is 11.3 Å². The summed E-state index contributed by atoms with van der Waals surface area (Å²) in [5.74, 6) is 0.417. The summed E-state index contributed by atoms with van der Waals surface area (Å²) >= 11 is 1.74. The molecule has 2 aromatic carbocycles. The highest BCUT2D eigenvalue weighted by molar-refractivity contribution is 7.10. The number of rotatable bonds is 2. The summed E-state index contributed by atoms with van der Waals surface area (Å²) in [5.41, 5.74) is 3.29. The van der Waals surface area contributed by atoms with E-state index in [9.17, 15) is 9.59 Å². The quantitative estimate of drug-likeness (QED) is 0.473. The van der Waals surface area contributed by atoms with E-state index < -0.39 is 0 Å². The van der Waals surface area contributed by atoms with E-state index >= 15 is 0 Å². The van der Waals surface area contributed by atoms with Crippen molar-refractivity contribution >= 4 is 28.2 Å². The lowest BCUT2D eigenvalue weighted by Crippen LogP contribution is -2.35. The van der Waals surface area contributed by atoms with Crippen molar-refractivity contribution in [3.63, 3.8) is 0 Å². The maximum Gasteiger partial charge on any atom is 0.257 e. The molecular weight excluding hydrogens is 382 g/mol. The summed E-state index contributed by atoms with van der Waals surface area (Å²) in [7, 11) is 0. The molecular formula is C24H19NO3S. The Morgan fingerprint density at radius 3 is 2.72 bits per heavy atom. The van der Waals surface area contributed by atoms with Gasteiger partial charge >= 0.3 is 0 Å². The van der Waals surface area contributed by atoms with E-state index in [1.54, 1.807) is 36.5 Å². The van der Waals surface area contributed by atoms with Crippen LogP contribution in [0.5, 0.6) is 0 Å². The number of carbonyl (C=O) groups is 1. The van der Waals surface area contributed by atoms with Crippen LogP contribution in [0.4, 0.5) is 0 Å². The molecule has 0 unspecified atom stereocenters. The van der Waals surface area contributed by atoms with Crippen LogP contribution in [0, 0.1) is 6.92 Å². The second-order valence-electron chi connectivity index (χ2n) is 7.28. The van der Waals surface area contributed by atoms with Crippen LogP contribution in [0.25, 0.3) is 22.3 Å². The number of fused-ring (bicyclic) bond motifs is 2. The summed E-state index contributed by atoms with van der Waals surface area (Å²) in [5, 5.41) is 2.52. The second kappa shape index (κ2) is 7.01. The Morgan fingerprint density at radius 2 is 1.90 bits per heavy atom. The summed E-state index contributed by atoms with van der Waals surface area (Å²) in [4.78, 5) is 29.6. The highest BCUT2D eigenvalue weighted by Gasteiger charge is 2.25. The zero-order chi connectivity index (χ0) is 20.0. The van der Waals surface area contributed by atoms with Crippen LogP contribution in [-0.4, -0.2) is 17.4 Å². The molecule has 0 saturated carbocycles. The number of hydrogen-bond acceptors (Lipinski definition) is 4. The maximum atomic E-state index is 13.4. The van der Waals surface area contributed by atoms with Crippen molar-refractivity contribution in [2.45, 2.75) is 19.9 Å². The number of carbonyl (C=O) groups excluding carboxylic acids is 1. The Hall–Kier alpha value is -3.18. The lowest BCUT2D eigenvalue weighted by molar-refractivity contribution is 0.0736. The van der Waals surface area contributed by atoms with Crippen LogP contribution in [0.1, 0.15) is 26.4 Å². The van der Waals surface area contributed by atoms with Gasteiger partial charge in [0.15, 0.2) is 11.0 Å². The monoisotopic (exact) mass is 401 g/mol. The molecule has 5 heteroatoms. The van der Waals surface area contributed by atoms with Crippen LogP contribution in [0.3, 0.4) is 0 Å². The average Bonchev–Trinajstić information content (AvgIpc) is 3.24. The third kappa shape index (κ3) is 2.98. The van der Waals surface area contributed by atoms with Crippen molar-refractivity contribution in [3.05, 3.63) is 91.8 Å². The molecule has 0 N–H and O–H groups in total. The molecule has 1 aliphatic heterocycles. The molecule has 144 valence electrons. The molecule has 4 aromatic rings. The molecule has 3 heterocycles. The number of benzene rings is 2. The minimum atomic E-state index is -0.0986. The lowest BCUT2D eigenvalue weighted by Gasteiger charge is -2.27. The molecule has 5 rings (SSSR count). The summed E-state index contributed by atoms with van der Waals surface area (Å²) in [6, 6.07) is 16.9. The van der Waals surface area contributed by atoms with Gasteiger partial charge in [0.1, 0.15) is 5.76 Å². The van der Waals surface area contributed by atoms with Gasteiger partial charge in [0.05, 0.1) is 10.9 Å². The van der Waals surface area contributed by atoms with Crippen molar-refractivity contribution in [2.24, 2.45) is 0 Å². The van der Waals surface area contributed by atoms with Gasteiger partial charge in [-0.05, 0) is 42.5 Å². The first-order chi connectivity index (χ1) is 14.1. The van der Waals surface area contributed by atoms with E-state index in [0.717, 1.165) is 12.0 Å². The van der Waals surface area contributed by atoms with Crippen molar-refractivity contribution in [3.8, 4) is 11.3 Å². The number of hydrogen-bond donors (Lipinski definition) is 0. The maximum absolute atomic E-state index is 13.4. The van der Waals surface area contributed by atoms with Gasteiger partial charge in [-0.25, -0.2) is 0 Å². The Balaban J connectivity index is 1.64. The smallest absolute Gasteiger partial charge is 0.257 e. The molecule has 0 spiro atoms. The van der Waals surface area contributed by atoms with E-state index in [2.05, 4.69) is 11.4 Å². The number of thiophene rings is 1. The van der Waals surface area contributed by atoms with Gasteiger partial charge in [0, 0.05) is 29.1 Å². The van der Waals surface area contributed by atoms with Gasteiger partial charge in [0.2, 0.25) is 0 Å². The summed E-state index contributed by atoms with van der Waals surface area (Å²) < 4.78 is 6.21. The SMILES string of the molecule is Cc1c(-c2ccccc2)oc2c(C(=O)N3CCc4sccc4C3)cccc2c1=O. The number of amides is 1. The standard InChI is InChI=1S/C24H19NO3S/c1-15-21(26)18-8-5-9-19(23(18)28-22(15)16-6-3-2-4-7-16)24(27)25-12-10-20-17(14-25)11-13-29-20/h2-9,11,13H,10,12,14H2,1H3. The fourth-order valence-corrected chi connectivity index (χ4v) is 4.82. The molecule has 29 heavy (non-hydrogen) atoms. The Kier molecular flexibility index (Phi) is 4.32. The van der Waals surface area contributed by atoms with Crippen LogP contribution in [0.15, 0.2) is 69.2 Å². The molecule has 0 bridgehead atoms. The summed E-state index contributed by atoms with van der Waals surface area (Å²) in [6.07, 6.45) is 0.863. The predicted octanol–water partition coefficient (Wildman–Crippen LogP) is 5.03. The van der Waals surface area contributed by atoms with E-state index in [4.69, 9.17) is 4.42 Å². The Labute approximate surface area is 172 Å². The molecule has 0 aliphatic carbocycles. The van der Waals surface area contributed by atoms with E-state index in [1.807, 2.05) is 35.2 Å². The topological polar surface area (TPSA) is 50.5 Å². The molecule has 2 aromatic heterocycles. The predicted molar refractivity (Wildman–Crippen MR) is 115 cm³/mol. The first kappa shape index (κ1) is 17.9. The third-order valence-electron chi connectivity index (χ3n) is 5.51. The zero-order valence-electron chi connectivity index (χ0n) is 16.0. The third-order valence-corrected chi connectivity index (χ3v) is 6.53. The number of para-hydroxylation sites is 1. The fourth-order valence-electron chi connectivity index (χ4n) is 3.94. The highest BCUT2D eigenvalue weighted by Crippen LogP contribution is 2.29. The second-order valence-corrected chi connectivity index (χ2v) is 8.28. The molecule has 0 fully saturated rings. The van der Waals surface area contributed by atoms with Gasteiger partial charge in [-0.3, -0.25) is 9.59 Å². The van der Waals surface area contributed by atoms with Crippen molar-refractivity contribution < 1.29 is 9.21 Å². The first-order valence-corrected chi connectivity index (χ1v) is 10.5. The Morgan fingerprint density at radius 1 is 1.07 bits per heavy atom. The van der Waals surface area contributed by atoms with Crippen LogP contribution < -0.4 is 5.43 Å². The van der Waals surface area contributed by atoms with Gasteiger partial charge in [-0.1, -0.05) is 36.4 Å². The van der Waals surface area contributed by atoms with Gasteiger partial charge in [-0.2, -0.15) is 0 Å². The van der Waals surface area contributed by atoms with Crippen LogP contribution in [-0.2, 0) is 13.0 Å². The van der Waals surface area contributed by atoms with E-state index in [0.29, 0.717) is 40.9 Å². The molecule has 0 atom stereocenters. The normalized spacial score (nSPS) is 13.5. The van der Waals surface area contributed by atoms with Crippen molar-refractivity contribution in [2.75, 3.05) is 6.54 Å². The average molecular weight is 401 g/mol. The fraction of sp³-hybridized carbons (Fsp3) is 0.167. The highest BCUT2D eigenvalue weighted by atomic mass is 32.1. The Bertz CT molecular complexity index is 1290.